The second kappa shape index (κ2) is 8.52. The molecule has 1 saturated carbocycles. The lowest BCUT2D eigenvalue weighted by atomic mass is 9.84. The Morgan fingerprint density at radius 2 is 1.63 bits per heavy atom. The number of esters is 2. The summed E-state index contributed by atoms with van der Waals surface area (Å²) in [5.41, 5.74) is 0.744. The summed E-state index contributed by atoms with van der Waals surface area (Å²) >= 11 is 0. The van der Waals surface area contributed by atoms with Gasteiger partial charge < -0.3 is 14.8 Å². The smallest absolute Gasteiger partial charge is 0.337 e. The fraction of sp³-hybridized carbons (Fsp3) is 0.550. The van der Waals surface area contributed by atoms with Gasteiger partial charge in [-0.05, 0) is 37.0 Å². The molecule has 2 aliphatic rings. The quantitative estimate of drug-likeness (QED) is 0.797. The molecule has 1 amide bonds. The first-order chi connectivity index (χ1) is 13.0. The Labute approximate surface area is 159 Å². The van der Waals surface area contributed by atoms with Gasteiger partial charge in [-0.25, -0.2) is 9.59 Å². The number of hydrogen-bond donors (Lipinski definition) is 1. The van der Waals surface area contributed by atoms with E-state index in [2.05, 4.69) is 10.2 Å². The van der Waals surface area contributed by atoms with Crippen LogP contribution >= 0.6 is 0 Å². The SMILES string of the molecule is COC(=O)c1cc(NC(=O)CN2CC3CCCCCC32)cc(C(=O)OC)c1. The minimum atomic E-state index is -0.583. The van der Waals surface area contributed by atoms with Crippen molar-refractivity contribution in [2.75, 3.05) is 32.6 Å². The van der Waals surface area contributed by atoms with Crippen LogP contribution < -0.4 is 5.32 Å². The monoisotopic (exact) mass is 374 g/mol. The molecule has 146 valence electrons. The van der Waals surface area contributed by atoms with E-state index in [1.807, 2.05) is 0 Å². The third-order valence-electron chi connectivity index (χ3n) is 5.46. The van der Waals surface area contributed by atoms with Crippen LogP contribution in [0.15, 0.2) is 18.2 Å². The van der Waals surface area contributed by atoms with Crippen molar-refractivity contribution in [1.82, 2.24) is 4.90 Å². The number of benzene rings is 1. The van der Waals surface area contributed by atoms with E-state index in [1.54, 1.807) is 0 Å². The Kier molecular flexibility index (Phi) is 6.11. The zero-order valence-electron chi connectivity index (χ0n) is 15.8. The average molecular weight is 374 g/mol. The van der Waals surface area contributed by atoms with Crippen LogP contribution in [-0.2, 0) is 14.3 Å². The van der Waals surface area contributed by atoms with Crippen molar-refractivity contribution in [3.63, 3.8) is 0 Å². The molecule has 1 aromatic carbocycles. The maximum atomic E-state index is 12.5. The van der Waals surface area contributed by atoms with Crippen LogP contribution in [0.5, 0.6) is 0 Å². The molecule has 1 aromatic rings. The Balaban J connectivity index is 1.67. The summed E-state index contributed by atoms with van der Waals surface area (Å²) in [6, 6.07) is 4.89. The highest BCUT2D eigenvalue weighted by molar-refractivity contribution is 5.99. The highest BCUT2D eigenvalue weighted by Gasteiger charge is 2.39. The molecule has 1 saturated heterocycles. The lowest BCUT2D eigenvalue weighted by Gasteiger charge is -2.47. The van der Waals surface area contributed by atoms with Gasteiger partial charge in [0, 0.05) is 18.3 Å². The van der Waals surface area contributed by atoms with Gasteiger partial charge >= 0.3 is 11.9 Å². The van der Waals surface area contributed by atoms with E-state index in [0.717, 1.165) is 13.0 Å². The van der Waals surface area contributed by atoms with Gasteiger partial charge in [0.1, 0.15) is 0 Å². The van der Waals surface area contributed by atoms with Crippen molar-refractivity contribution in [2.24, 2.45) is 5.92 Å². The molecular formula is C20H26N2O5. The average Bonchev–Trinajstić information content (AvgIpc) is 2.85. The Hall–Kier alpha value is -2.41. The van der Waals surface area contributed by atoms with Gasteiger partial charge in [-0.15, -0.1) is 0 Å². The lowest BCUT2D eigenvalue weighted by molar-refractivity contribution is -0.121. The number of carbonyl (C=O) groups excluding carboxylic acids is 3. The molecule has 2 atom stereocenters. The molecule has 2 unspecified atom stereocenters. The van der Waals surface area contributed by atoms with E-state index < -0.39 is 11.9 Å². The van der Waals surface area contributed by atoms with E-state index in [1.165, 1.54) is 58.1 Å². The molecular weight excluding hydrogens is 348 g/mol. The van der Waals surface area contributed by atoms with Crippen LogP contribution in [0.2, 0.25) is 0 Å². The number of likely N-dealkylation sites (tertiary alicyclic amines) is 1. The maximum Gasteiger partial charge on any atom is 0.337 e. The summed E-state index contributed by atoms with van der Waals surface area (Å²) in [5.74, 6) is -0.606. The molecule has 0 bridgehead atoms. The van der Waals surface area contributed by atoms with Crippen molar-refractivity contribution in [3.05, 3.63) is 29.3 Å². The van der Waals surface area contributed by atoms with Crippen molar-refractivity contribution in [3.8, 4) is 0 Å². The van der Waals surface area contributed by atoms with Crippen LogP contribution in [0.25, 0.3) is 0 Å². The number of carbonyl (C=O) groups is 3. The first-order valence-corrected chi connectivity index (χ1v) is 9.37. The summed E-state index contributed by atoms with van der Waals surface area (Å²) in [6.07, 6.45) is 6.21. The van der Waals surface area contributed by atoms with Gasteiger partial charge in [0.15, 0.2) is 0 Å². The van der Waals surface area contributed by atoms with Gasteiger partial charge in [-0.3, -0.25) is 9.69 Å². The van der Waals surface area contributed by atoms with Crippen molar-refractivity contribution in [2.45, 2.75) is 38.1 Å². The summed E-state index contributed by atoms with van der Waals surface area (Å²) in [4.78, 5) is 38.4. The number of rotatable bonds is 5. The molecule has 3 rings (SSSR count). The zero-order valence-corrected chi connectivity index (χ0v) is 15.8. The topological polar surface area (TPSA) is 84.9 Å². The predicted octanol–water partition coefficient (Wildman–Crippen LogP) is 2.46. The van der Waals surface area contributed by atoms with Crippen molar-refractivity contribution < 1.29 is 23.9 Å². The molecule has 0 radical (unpaired) electrons. The molecule has 7 nitrogen and oxygen atoms in total. The minimum Gasteiger partial charge on any atom is -0.465 e. The number of anilines is 1. The van der Waals surface area contributed by atoms with Crippen LogP contribution in [0, 0.1) is 5.92 Å². The van der Waals surface area contributed by atoms with Gasteiger partial charge in [0.25, 0.3) is 0 Å². The molecule has 0 spiro atoms. The van der Waals surface area contributed by atoms with Gasteiger partial charge in [-0.2, -0.15) is 0 Å². The molecule has 1 N–H and O–H groups in total. The highest BCUT2D eigenvalue weighted by atomic mass is 16.5. The number of hydrogen-bond acceptors (Lipinski definition) is 6. The first-order valence-electron chi connectivity index (χ1n) is 9.37. The third-order valence-corrected chi connectivity index (χ3v) is 5.46. The van der Waals surface area contributed by atoms with Crippen molar-refractivity contribution in [1.29, 1.82) is 0 Å². The van der Waals surface area contributed by atoms with E-state index in [4.69, 9.17) is 9.47 Å². The molecule has 1 aliphatic heterocycles. The fourth-order valence-corrected chi connectivity index (χ4v) is 4.10. The number of nitrogens with one attached hydrogen (secondary N) is 1. The van der Waals surface area contributed by atoms with E-state index in [-0.39, 0.29) is 17.0 Å². The summed E-state index contributed by atoms with van der Waals surface area (Å²) in [6.45, 7) is 1.28. The maximum absolute atomic E-state index is 12.5. The second-order valence-corrected chi connectivity index (χ2v) is 7.23. The molecule has 1 aliphatic carbocycles. The Morgan fingerprint density at radius 3 is 2.26 bits per heavy atom. The van der Waals surface area contributed by atoms with E-state index in [0.29, 0.717) is 24.2 Å². The normalized spacial score (nSPS) is 22.0. The van der Waals surface area contributed by atoms with Crippen LogP contribution in [-0.4, -0.2) is 56.1 Å². The van der Waals surface area contributed by atoms with Gasteiger partial charge in [-0.1, -0.05) is 19.3 Å². The standard InChI is InChI=1S/C20H26N2O5/c1-26-19(24)14-8-15(20(25)27-2)10-16(9-14)21-18(23)12-22-11-13-6-4-3-5-7-17(13)22/h8-10,13,17H,3-7,11-12H2,1-2H3,(H,21,23). The summed E-state index contributed by atoms with van der Waals surface area (Å²) in [7, 11) is 2.52. The lowest BCUT2D eigenvalue weighted by Crippen LogP contribution is -2.57. The number of nitrogens with zero attached hydrogens (tertiary/aromatic N) is 1. The van der Waals surface area contributed by atoms with Gasteiger partial charge in [0.05, 0.1) is 31.9 Å². The number of methoxy groups -OCH3 is 2. The highest BCUT2D eigenvalue weighted by Crippen LogP contribution is 2.35. The van der Waals surface area contributed by atoms with Crippen LogP contribution in [0.1, 0.15) is 52.8 Å². The molecule has 0 aromatic heterocycles. The van der Waals surface area contributed by atoms with Crippen molar-refractivity contribution >= 4 is 23.5 Å². The van der Waals surface area contributed by atoms with Crippen LogP contribution in [0.4, 0.5) is 5.69 Å². The summed E-state index contributed by atoms with van der Waals surface area (Å²) in [5, 5.41) is 2.79. The Morgan fingerprint density at radius 1 is 1.00 bits per heavy atom. The molecule has 27 heavy (non-hydrogen) atoms. The molecule has 2 fully saturated rings. The fourth-order valence-electron chi connectivity index (χ4n) is 4.10. The summed E-state index contributed by atoms with van der Waals surface area (Å²) < 4.78 is 9.43. The second-order valence-electron chi connectivity index (χ2n) is 7.23. The first kappa shape index (κ1) is 19.4. The third kappa shape index (κ3) is 4.47. The van der Waals surface area contributed by atoms with Gasteiger partial charge in [0.2, 0.25) is 5.91 Å². The van der Waals surface area contributed by atoms with E-state index >= 15 is 0 Å². The zero-order chi connectivity index (χ0) is 19.4. The molecule has 1 heterocycles. The number of fused-ring (bicyclic) bond motifs is 1. The van der Waals surface area contributed by atoms with Crippen LogP contribution in [0.3, 0.4) is 0 Å². The molecule has 7 heteroatoms. The number of ether oxygens (including phenoxy) is 2. The largest absolute Gasteiger partial charge is 0.465 e. The number of amides is 1. The Bertz CT molecular complexity index is 699. The van der Waals surface area contributed by atoms with E-state index in [9.17, 15) is 14.4 Å². The predicted molar refractivity (Wildman–Crippen MR) is 99.7 cm³/mol. The minimum absolute atomic E-state index is 0.157.